The Labute approximate surface area is 100 Å². The number of hydrogen-bond donors (Lipinski definition) is 0. The van der Waals surface area contributed by atoms with Crippen molar-refractivity contribution in [3.8, 4) is 0 Å². The van der Waals surface area contributed by atoms with E-state index < -0.39 is 0 Å². The predicted molar refractivity (Wildman–Crippen MR) is 70.3 cm³/mol. The van der Waals surface area contributed by atoms with Crippen LogP contribution in [-0.4, -0.2) is 4.98 Å². The monoisotopic (exact) mass is 225 g/mol. The molecule has 3 aromatic rings. The smallest absolute Gasteiger partial charge is 0.227 e. The summed E-state index contributed by atoms with van der Waals surface area (Å²) >= 11 is 0. The maximum absolute atomic E-state index is 5.78. The predicted octanol–water partition coefficient (Wildman–Crippen LogP) is 4.11. The topological polar surface area (TPSA) is 26.0 Å². The Bertz CT molecular complexity index is 682. The number of hydrogen-bond acceptors (Lipinski definition) is 2. The first kappa shape index (κ1) is 10.3. The van der Waals surface area contributed by atoms with Gasteiger partial charge in [0.05, 0.1) is 0 Å². The molecular weight excluding hydrogens is 210 g/mol. The van der Waals surface area contributed by atoms with E-state index >= 15 is 0 Å². The zero-order chi connectivity index (χ0) is 11.8. The number of fused-ring (bicyclic) bond motifs is 3. The van der Waals surface area contributed by atoms with Crippen molar-refractivity contribution < 1.29 is 4.42 Å². The highest BCUT2D eigenvalue weighted by Gasteiger charge is 2.08. The molecule has 2 heterocycles. The first-order valence-electron chi connectivity index (χ1n) is 6.13. The van der Waals surface area contributed by atoms with Crippen LogP contribution in [0.3, 0.4) is 0 Å². The fourth-order valence-electron chi connectivity index (χ4n) is 2.16. The van der Waals surface area contributed by atoms with Gasteiger partial charge in [-0.15, -0.1) is 0 Å². The third-order valence-electron chi connectivity index (χ3n) is 3.23. The van der Waals surface area contributed by atoms with Crippen molar-refractivity contribution in [3.05, 3.63) is 41.6 Å². The number of rotatable bonds is 2. The molecule has 3 rings (SSSR count). The van der Waals surface area contributed by atoms with Crippen molar-refractivity contribution >= 4 is 22.1 Å². The highest BCUT2D eigenvalue weighted by molar-refractivity contribution is 6.03. The molecule has 0 fully saturated rings. The van der Waals surface area contributed by atoms with E-state index in [0.717, 1.165) is 35.2 Å². The Morgan fingerprint density at radius 1 is 1.00 bits per heavy atom. The molecule has 17 heavy (non-hydrogen) atoms. The van der Waals surface area contributed by atoms with Crippen molar-refractivity contribution in [2.45, 2.75) is 26.7 Å². The van der Waals surface area contributed by atoms with Gasteiger partial charge in [0.2, 0.25) is 5.71 Å². The summed E-state index contributed by atoms with van der Waals surface area (Å²) in [6.07, 6.45) is 1.98. The quantitative estimate of drug-likeness (QED) is 0.656. The Morgan fingerprint density at radius 3 is 2.65 bits per heavy atom. The van der Waals surface area contributed by atoms with Gasteiger partial charge in [0.15, 0.2) is 0 Å². The molecule has 2 nitrogen and oxygen atoms in total. The average Bonchev–Trinajstić information content (AvgIpc) is 2.74. The summed E-state index contributed by atoms with van der Waals surface area (Å²) in [4.78, 5) is 4.52. The summed E-state index contributed by atoms with van der Waals surface area (Å²) in [5, 5.41) is 2.29. The van der Waals surface area contributed by atoms with Gasteiger partial charge in [-0.2, -0.15) is 0 Å². The minimum absolute atomic E-state index is 0.757. The molecule has 1 aromatic carbocycles. The molecular formula is C15H15NO. The highest BCUT2D eigenvalue weighted by atomic mass is 16.3. The second kappa shape index (κ2) is 3.88. The van der Waals surface area contributed by atoms with E-state index in [2.05, 4.69) is 43.1 Å². The molecule has 0 aliphatic heterocycles. The fraction of sp³-hybridized carbons (Fsp3) is 0.267. The van der Waals surface area contributed by atoms with Gasteiger partial charge in [0, 0.05) is 16.5 Å². The first-order valence-corrected chi connectivity index (χ1v) is 6.13. The molecule has 0 saturated heterocycles. The van der Waals surface area contributed by atoms with E-state index in [1.54, 1.807) is 0 Å². The third-order valence-corrected chi connectivity index (χ3v) is 3.23. The van der Waals surface area contributed by atoms with Crippen LogP contribution in [0.25, 0.3) is 22.1 Å². The highest BCUT2D eigenvalue weighted by Crippen LogP contribution is 2.28. The van der Waals surface area contributed by atoms with Crippen molar-refractivity contribution in [2.24, 2.45) is 0 Å². The van der Waals surface area contributed by atoms with Crippen LogP contribution in [0, 0.1) is 0 Å². The van der Waals surface area contributed by atoms with E-state index in [-0.39, 0.29) is 0 Å². The molecule has 0 bridgehead atoms. The Kier molecular flexibility index (Phi) is 2.36. The van der Waals surface area contributed by atoms with Crippen molar-refractivity contribution in [1.29, 1.82) is 0 Å². The lowest BCUT2D eigenvalue weighted by molar-refractivity contribution is 0.651. The van der Waals surface area contributed by atoms with Crippen LogP contribution in [-0.2, 0) is 12.8 Å². The number of nitrogens with zero attached hydrogens (tertiary/aromatic N) is 1. The number of benzene rings is 1. The number of aryl methyl sites for hydroxylation is 2. The molecule has 0 unspecified atom stereocenters. The Hall–Kier alpha value is -1.83. The fourth-order valence-corrected chi connectivity index (χ4v) is 2.16. The lowest BCUT2D eigenvalue weighted by Crippen LogP contribution is -1.84. The Morgan fingerprint density at radius 2 is 1.88 bits per heavy atom. The van der Waals surface area contributed by atoms with Gasteiger partial charge in [-0.1, -0.05) is 19.9 Å². The van der Waals surface area contributed by atoms with Crippen LogP contribution >= 0.6 is 0 Å². The summed E-state index contributed by atoms with van der Waals surface area (Å²) in [5.74, 6) is 0. The number of furan rings is 1. The van der Waals surface area contributed by atoms with Crippen molar-refractivity contribution in [3.63, 3.8) is 0 Å². The zero-order valence-corrected chi connectivity index (χ0v) is 10.2. The van der Waals surface area contributed by atoms with E-state index in [0.29, 0.717) is 0 Å². The molecule has 2 aromatic heterocycles. The molecule has 0 saturated carbocycles. The van der Waals surface area contributed by atoms with E-state index in [1.807, 2.05) is 6.07 Å². The lowest BCUT2D eigenvalue weighted by Gasteiger charge is -1.95. The largest absolute Gasteiger partial charge is 0.438 e. The lowest BCUT2D eigenvalue weighted by atomic mass is 10.1. The molecule has 2 heteroatoms. The maximum Gasteiger partial charge on any atom is 0.227 e. The van der Waals surface area contributed by atoms with Gasteiger partial charge in [0.25, 0.3) is 0 Å². The molecule has 0 radical (unpaired) electrons. The molecule has 0 spiro atoms. The van der Waals surface area contributed by atoms with Gasteiger partial charge in [0.1, 0.15) is 5.58 Å². The van der Waals surface area contributed by atoms with Crippen LogP contribution in [0.15, 0.2) is 34.7 Å². The normalized spacial score (nSPS) is 11.4. The van der Waals surface area contributed by atoms with Gasteiger partial charge in [-0.25, -0.2) is 4.98 Å². The van der Waals surface area contributed by atoms with Gasteiger partial charge >= 0.3 is 0 Å². The molecule has 0 N–H and O–H groups in total. The van der Waals surface area contributed by atoms with Crippen LogP contribution in [0.4, 0.5) is 0 Å². The molecule has 86 valence electrons. The third kappa shape index (κ3) is 1.60. The van der Waals surface area contributed by atoms with Crippen LogP contribution < -0.4 is 0 Å². The molecule has 0 aliphatic carbocycles. The van der Waals surface area contributed by atoms with Gasteiger partial charge < -0.3 is 4.42 Å². The standard InChI is InChI=1S/C15H15NO/c1-3-10-5-8-14-13(9-10)12-7-6-11(4-2)16-15(12)17-14/h5-9H,3-4H2,1-2H3. The van der Waals surface area contributed by atoms with E-state index in [4.69, 9.17) is 4.42 Å². The van der Waals surface area contributed by atoms with E-state index in [9.17, 15) is 0 Å². The van der Waals surface area contributed by atoms with Gasteiger partial charge in [-0.05, 0) is 42.7 Å². The minimum Gasteiger partial charge on any atom is -0.438 e. The second-order valence-electron chi connectivity index (χ2n) is 4.29. The summed E-state index contributed by atoms with van der Waals surface area (Å²) in [7, 11) is 0. The van der Waals surface area contributed by atoms with Crippen molar-refractivity contribution in [2.75, 3.05) is 0 Å². The molecule has 0 aliphatic rings. The summed E-state index contributed by atoms with van der Waals surface area (Å²) in [5.41, 5.74) is 4.09. The SMILES string of the molecule is CCc1ccc2oc3nc(CC)ccc3c2c1. The maximum atomic E-state index is 5.78. The van der Waals surface area contributed by atoms with Gasteiger partial charge in [-0.3, -0.25) is 0 Å². The van der Waals surface area contributed by atoms with E-state index in [1.165, 1.54) is 10.9 Å². The second-order valence-corrected chi connectivity index (χ2v) is 4.29. The molecule has 0 amide bonds. The summed E-state index contributed by atoms with van der Waals surface area (Å²) < 4.78 is 5.78. The zero-order valence-electron chi connectivity index (χ0n) is 10.2. The first-order chi connectivity index (χ1) is 8.31. The number of aromatic nitrogens is 1. The van der Waals surface area contributed by atoms with Crippen LogP contribution in [0.1, 0.15) is 25.1 Å². The number of pyridine rings is 1. The summed E-state index contributed by atoms with van der Waals surface area (Å²) in [6, 6.07) is 10.6. The molecule has 0 atom stereocenters. The van der Waals surface area contributed by atoms with Crippen molar-refractivity contribution in [1.82, 2.24) is 4.98 Å². The Balaban J connectivity index is 2.34. The van der Waals surface area contributed by atoms with Crippen LogP contribution in [0.2, 0.25) is 0 Å². The minimum atomic E-state index is 0.757. The average molecular weight is 225 g/mol. The summed E-state index contributed by atoms with van der Waals surface area (Å²) in [6.45, 7) is 4.27. The van der Waals surface area contributed by atoms with Crippen LogP contribution in [0.5, 0.6) is 0 Å².